The quantitative estimate of drug-likeness (QED) is 0.507. The maximum atomic E-state index is 4.45. The predicted molar refractivity (Wildman–Crippen MR) is 90.0 cm³/mol. The molecule has 4 aliphatic carbocycles. The first-order chi connectivity index (χ1) is 10.1. The van der Waals surface area contributed by atoms with Crippen molar-refractivity contribution in [3.8, 4) is 0 Å². The smallest absolute Gasteiger partial charge is 0.0117 e. The molecule has 0 heterocycles. The number of fused-ring (bicyclic) bond motifs is 5. The SMILES string of the molecule is C=CC12CCC3C(CCC4CCCCC43C)C1CCC2=C. The maximum Gasteiger partial charge on any atom is 0.0117 e. The van der Waals surface area contributed by atoms with Crippen LogP contribution in [0.25, 0.3) is 0 Å². The molecule has 4 saturated carbocycles. The summed E-state index contributed by atoms with van der Waals surface area (Å²) in [6.07, 6.45) is 16.8. The van der Waals surface area contributed by atoms with Crippen LogP contribution in [0.3, 0.4) is 0 Å². The molecule has 0 aliphatic heterocycles. The number of rotatable bonds is 1. The highest BCUT2D eigenvalue weighted by atomic mass is 14.6. The highest BCUT2D eigenvalue weighted by Crippen LogP contribution is 2.67. The van der Waals surface area contributed by atoms with Crippen molar-refractivity contribution in [2.75, 3.05) is 0 Å². The van der Waals surface area contributed by atoms with E-state index < -0.39 is 0 Å². The van der Waals surface area contributed by atoms with Crippen LogP contribution >= 0.6 is 0 Å². The van der Waals surface area contributed by atoms with E-state index in [-0.39, 0.29) is 0 Å². The summed E-state index contributed by atoms with van der Waals surface area (Å²) in [5.41, 5.74) is 2.49. The number of hydrogen-bond donors (Lipinski definition) is 0. The molecule has 0 amide bonds. The summed E-state index contributed by atoms with van der Waals surface area (Å²) in [5.74, 6) is 3.88. The standard InChI is InChI=1S/C21H32/c1-4-21-14-12-18-17(19(21)11-8-15(21)2)10-9-16-7-5-6-13-20(16,18)3/h4,16-19H,1-2,5-14H2,3H3. The van der Waals surface area contributed by atoms with E-state index in [1.165, 1.54) is 69.8 Å². The number of allylic oxidation sites excluding steroid dienone is 2. The van der Waals surface area contributed by atoms with Crippen molar-refractivity contribution in [1.29, 1.82) is 0 Å². The molecule has 4 fully saturated rings. The molecule has 0 radical (unpaired) electrons. The van der Waals surface area contributed by atoms with Crippen LogP contribution in [-0.2, 0) is 0 Å². The topological polar surface area (TPSA) is 0 Å². The monoisotopic (exact) mass is 284 g/mol. The Hall–Kier alpha value is -0.520. The van der Waals surface area contributed by atoms with E-state index in [2.05, 4.69) is 26.2 Å². The van der Waals surface area contributed by atoms with Crippen LogP contribution in [-0.4, -0.2) is 0 Å². The molecule has 6 atom stereocenters. The molecule has 0 aromatic heterocycles. The lowest BCUT2D eigenvalue weighted by molar-refractivity contribution is -0.0920. The van der Waals surface area contributed by atoms with Crippen molar-refractivity contribution in [1.82, 2.24) is 0 Å². The van der Waals surface area contributed by atoms with Gasteiger partial charge in [-0.3, -0.25) is 0 Å². The van der Waals surface area contributed by atoms with E-state index in [0.717, 1.165) is 23.7 Å². The van der Waals surface area contributed by atoms with Gasteiger partial charge in [0.2, 0.25) is 0 Å². The van der Waals surface area contributed by atoms with Crippen LogP contribution in [0.1, 0.15) is 71.1 Å². The summed E-state index contributed by atoms with van der Waals surface area (Å²) < 4.78 is 0. The zero-order chi connectivity index (χ0) is 14.7. The van der Waals surface area contributed by atoms with Crippen molar-refractivity contribution in [3.63, 3.8) is 0 Å². The summed E-state index contributed by atoms with van der Waals surface area (Å²) in [4.78, 5) is 0. The van der Waals surface area contributed by atoms with Gasteiger partial charge in [0.25, 0.3) is 0 Å². The third-order valence-corrected chi connectivity index (χ3v) is 8.49. The van der Waals surface area contributed by atoms with Gasteiger partial charge in [-0.2, -0.15) is 0 Å². The zero-order valence-corrected chi connectivity index (χ0v) is 13.9. The molecule has 4 rings (SSSR count). The minimum atomic E-state index is 0.318. The van der Waals surface area contributed by atoms with Gasteiger partial charge in [0.1, 0.15) is 0 Å². The third-order valence-electron chi connectivity index (χ3n) is 8.49. The fourth-order valence-corrected chi connectivity index (χ4v) is 7.33. The summed E-state index contributed by atoms with van der Waals surface area (Å²) >= 11 is 0. The Labute approximate surface area is 131 Å². The minimum Gasteiger partial charge on any atom is -0.102 e. The Kier molecular flexibility index (Phi) is 3.18. The van der Waals surface area contributed by atoms with Gasteiger partial charge in [0.05, 0.1) is 0 Å². The molecule has 0 N–H and O–H groups in total. The van der Waals surface area contributed by atoms with Gasteiger partial charge >= 0.3 is 0 Å². The Bertz CT molecular complexity index is 461. The van der Waals surface area contributed by atoms with E-state index in [9.17, 15) is 0 Å². The largest absolute Gasteiger partial charge is 0.102 e. The second-order valence-electron chi connectivity index (χ2n) is 8.83. The molecule has 0 heteroatoms. The molecular formula is C21H32. The summed E-state index contributed by atoms with van der Waals surface area (Å²) in [6, 6.07) is 0. The number of hydrogen-bond acceptors (Lipinski definition) is 0. The minimum absolute atomic E-state index is 0.318. The van der Waals surface area contributed by atoms with Crippen molar-refractivity contribution < 1.29 is 0 Å². The van der Waals surface area contributed by atoms with Gasteiger partial charge in [-0.25, -0.2) is 0 Å². The van der Waals surface area contributed by atoms with Gasteiger partial charge < -0.3 is 0 Å². The van der Waals surface area contributed by atoms with Crippen LogP contribution in [0.5, 0.6) is 0 Å². The Morgan fingerprint density at radius 3 is 2.67 bits per heavy atom. The normalized spacial score (nSPS) is 52.7. The maximum absolute atomic E-state index is 4.45. The van der Waals surface area contributed by atoms with Gasteiger partial charge in [0, 0.05) is 5.41 Å². The average Bonchev–Trinajstić information content (AvgIpc) is 2.84. The molecule has 0 aromatic carbocycles. The van der Waals surface area contributed by atoms with E-state index in [0.29, 0.717) is 10.8 Å². The lowest BCUT2D eigenvalue weighted by atomic mass is 9.45. The molecule has 4 aliphatic rings. The van der Waals surface area contributed by atoms with Crippen molar-refractivity contribution in [2.45, 2.75) is 71.1 Å². The van der Waals surface area contributed by atoms with Crippen LogP contribution in [0.4, 0.5) is 0 Å². The lowest BCUT2D eigenvalue weighted by Crippen LogP contribution is -2.52. The fourth-order valence-electron chi connectivity index (χ4n) is 7.33. The molecule has 6 unspecified atom stereocenters. The first-order valence-electron chi connectivity index (χ1n) is 9.44. The third kappa shape index (κ3) is 1.74. The van der Waals surface area contributed by atoms with Gasteiger partial charge in [-0.1, -0.05) is 38.0 Å². The second-order valence-corrected chi connectivity index (χ2v) is 8.83. The van der Waals surface area contributed by atoms with Crippen LogP contribution < -0.4 is 0 Å². The molecule has 0 saturated heterocycles. The van der Waals surface area contributed by atoms with Gasteiger partial charge in [0.15, 0.2) is 0 Å². The lowest BCUT2D eigenvalue weighted by Gasteiger charge is -2.60. The fraction of sp³-hybridized carbons (Fsp3) is 0.810. The summed E-state index contributed by atoms with van der Waals surface area (Å²) in [7, 11) is 0. The van der Waals surface area contributed by atoms with E-state index in [1.54, 1.807) is 0 Å². The highest BCUT2D eigenvalue weighted by molar-refractivity contribution is 5.28. The molecule has 21 heavy (non-hydrogen) atoms. The molecule has 0 aromatic rings. The average molecular weight is 284 g/mol. The Morgan fingerprint density at radius 2 is 1.86 bits per heavy atom. The van der Waals surface area contributed by atoms with E-state index >= 15 is 0 Å². The van der Waals surface area contributed by atoms with Crippen LogP contribution in [0.2, 0.25) is 0 Å². The molecule has 0 spiro atoms. The Balaban J connectivity index is 1.68. The Morgan fingerprint density at radius 1 is 1.00 bits per heavy atom. The van der Waals surface area contributed by atoms with E-state index in [1.807, 2.05) is 0 Å². The molecule has 0 bridgehead atoms. The van der Waals surface area contributed by atoms with Crippen molar-refractivity contribution >= 4 is 0 Å². The molecule has 116 valence electrons. The summed E-state index contributed by atoms with van der Waals surface area (Å²) in [5, 5.41) is 0. The highest BCUT2D eigenvalue weighted by Gasteiger charge is 2.58. The first-order valence-corrected chi connectivity index (χ1v) is 9.44. The van der Waals surface area contributed by atoms with Crippen LogP contribution in [0.15, 0.2) is 24.8 Å². The predicted octanol–water partition coefficient (Wildman–Crippen LogP) is 6.14. The van der Waals surface area contributed by atoms with Crippen molar-refractivity contribution in [3.05, 3.63) is 24.8 Å². The summed E-state index contributed by atoms with van der Waals surface area (Å²) in [6.45, 7) is 11.4. The zero-order valence-electron chi connectivity index (χ0n) is 13.9. The van der Waals surface area contributed by atoms with E-state index in [4.69, 9.17) is 0 Å². The molecular weight excluding hydrogens is 252 g/mol. The second kappa shape index (κ2) is 4.74. The molecule has 0 nitrogen and oxygen atoms in total. The van der Waals surface area contributed by atoms with Gasteiger partial charge in [-0.15, -0.1) is 6.58 Å². The van der Waals surface area contributed by atoms with Crippen molar-refractivity contribution in [2.24, 2.45) is 34.5 Å². The first kappa shape index (κ1) is 14.1. The van der Waals surface area contributed by atoms with Gasteiger partial charge in [-0.05, 0) is 80.5 Å². The van der Waals surface area contributed by atoms with Crippen LogP contribution in [0, 0.1) is 34.5 Å².